The molecule has 0 bridgehead atoms. The molecule has 0 aliphatic heterocycles. The molecule has 0 radical (unpaired) electrons. The van der Waals surface area contributed by atoms with E-state index in [1.54, 1.807) is 0 Å². The molecule has 0 saturated carbocycles. The third kappa shape index (κ3) is 5.27. The molecule has 0 fully saturated rings. The zero-order chi connectivity index (χ0) is 13.5. The van der Waals surface area contributed by atoms with Gasteiger partial charge in [0.15, 0.2) is 5.96 Å². The van der Waals surface area contributed by atoms with Crippen LogP contribution < -0.4 is 16.2 Å². The molecule has 0 aromatic heterocycles. The number of guanidine groups is 1. The van der Waals surface area contributed by atoms with Gasteiger partial charge in [-0.3, -0.25) is 0 Å². The van der Waals surface area contributed by atoms with E-state index in [-0.39, 0.29) is 5.96 Å². The first-order valence-corrected chi connectivity index (χ1v) is 6.33. The molecule has 0 aliphatic carbocycles. The molecular weight excluding hydrogens is 250 g/mol. The molecule has 0 unspecified atom stereocenters. The maximum Gasteiger partial charge on any atom is 0.186 e. The summed E-state index contributed by atoms with van der Waals surface area (Å²) in [5.74, 6) is 1.39. The van der Waals surface area contributed by atoms with Gasteiger partial charge in [0.25, 0.3) is 0 Å². The number of benzene rings is 1. The molecule has 0 atom stereocenters. The van der Waals surface area contributed by atoms with Crippen LogP contribution in [0.15, 0.2) is 23.2 Å². The maximum atomic E-state index is 6.12. The van der Waals surface area contributed by atoms with Crippen molar-refractivity contribution in [2.45, 2.75) is 26.8 Å². The maximum absolute atomic E-state index is 6.12. The second-order valence-corrected chi connectivity index (χ2v) is 4.94. The van der Waals surface area contributed by atoms with Gasteiger partial charge in [-0.2, -0.15) is 0 Å². The number of rotatable bonds is 6. The van der Waals surface area contributed by atoms with Crippen LogP contribution in [0.3, 0.4) is 0 Å². The molecular formula is C13H20ClN3O. The van der Waals surface area contributed by atoms with E-state index in [2.05, 4.69) is 18.8 Å². The van der Waals surface area contributed by atoms with Crippen molar-refractivity contribution in [3.8, 4) is 5.75 Å². The van der Waals surface area contributed by atoms with Crippen molar-refractivity contribution >= 4 is 17.6 Å². The van der Waals surface area contributed by atoms with Gasteiger partial charge in [0.05, 0.1) is 18.2 Å². The number of hydrogen-bond acceptors (Lipinski definition) is 2. The van der Waals surface area contributed by atoms with E-state index in [1.807, 2.05) is 18.2 Å². The highest BCUT2D eigenvalue weighted by atomic mass is 35.5. The highest BCUT2D eigenvalue weighted by Crippen LogP contribution is 2.26. The number of aliphatic imine (C=N–C) groups is 1. The van der Waals surface area contributed by atoms with Gasteiger partial charge >= 0.3 is 0 Å². The van der Waals surface area contributed by atoms with Crippen molar-refractivity contribution in [1.29, 1.82) is 0 Å². The summed E-state index contributed by atoms with van der Waals surface area (Å²) in [6.45, 7) is 5.41. The van der Waals surface area contributed by atoms with Crippen molar-refractivity contribution in [1.82, 2.24) is 0 Å². The SMILES string of the molecule is CC(C)CCOc1ccc(CN=C(N)N)cc1Cl. The van der Waals surface area contributed by atoms with Crippen molar-refractivity contribution in [3.05, 3.63) is 28.8 Å². The van der Waals surface area contributed by atoms with Gasteiger partial charge in [0.2, 0.25) is 0 Å². The highest BCUT2D eigenvalue weighted by Gasteiger charge is 2.03. The molecule has 0 heterocycles. The van der Waals surface area contributed by atoms with Crippen LogP contribution in [0.5, 0.6) is 5.75 Å². The minimum Gasteiger partial charge on any atom is -0.492 e. The Balaban J connectivity index is 2.59. The lowest BCUT2D eigenvalue weighted by Crippen LogP contribution is -2.22. The molecule has 18 heavy (non-hydrogen) atoms. The van der Waals surface area contributed by atoms with Gasteiger partial charge in [0, 0.05) is 0 Å². The first-order chi connectivity index (χ1) is 8.49. The van der Waals surface area contributed by atoms with Crippen molar-refractivity contribution in [3.63, 3.8) is 0 Å². The van der Waals surface area contributed by atoms with Crippen LogP contribution >= 0.6 is 11.6 Å². The zero-order valence-corrected chi connectivity index (χ0v) is 11.6. The van der Waals surface area contributed by atoms with E-state index in [1.165, 1.54) is 0 Å². The van der Waals surface area contributed by atoms with Crippen LogP contribution in [0.2, 0.25) is 5.02 Å². The standard InChI is InChI=1S/C13H20ClN3O/c1-9(2)5-6-18-12-4-3-10(7-11(12)14)8-17-13(15)16/h3-4,7,9H,5-6,8H2,1-2H3,(H4,15,16,17). The normalized spacial score (nSPS) is 10.4. The Morgan fingerprint density at radius 1 is 1.39 bits per heavy atom. The second-order valence-electron chi connectivity index (χ2n) is 4.54. The third-order valence-electron chi connectivity index (χ3n) is 2.39. The Hall–Kier alpha value is -1.42. The zero-order valence-electron chi connectivity index (χ0n) is 10.8. The van der Waals surface area contributed by atoms with E-state index in [9.17, 15) is 0 Å². The number of ether oxygens (including phenoxy) is 1. The molecule has 100 valence electrons. The molecule has 1 aromatic carbocycles. The van der Waals surface area contributed by atoms with Crippen LogP contribution in [-0.2, 0) is 6.54 Å². The molecule has 0 spiro atoms. The monoisotopic (exact) mass is 269 g/mol. The number of halogens is 1. The minimum absolute atomic E-state index is 0.0726. The van der Waals surface area contributed by atoms with Gasteiger partial charge in [-0.15, -0.1) is 0 Å². The number of nitrogens with zero attached hydrogens (tertiary/aromatic N) is 1. The Morgan fingerprint density at radius 2 is 2.11 bits per heavy atom. The van der Waals surface area contributed by atoms with Gasteiger partial charge in [0.1, 0.15) is 5.75 Å². The molecule has 5 heteroatoms. The van der Waals surface area contributed by atoms with Crippen molar-refractivity contribution in [2.75, 3.05) is 6.61 Å². The summed E-state index contributed by atoms with van der Waals surface area (Å²) in [6.07, 6.45) is 1.01. The van der Waals surface area contributed by atoms with Gasteiger partial charge in [-0.05, 0) is 30.0 Å². The van der Waals surface area contributed by atoms with E-state index in [0.717, 1.165) is 12.0 Å². The Morgan fingerprint density at radius 3 is 2.67 bits per heavy atom. The third-order valence-corrected chi connectivity index (χ3v) is 2.69. The molecule has 1 rings (SSSR count). The van der Waals surface area contributed by atoms with Crippen LogP contribution in [0.25, 0.3) is 0 Å². The Kier molecular flexibility index (Phi) is 5.78. The lowest BCUT2D eigenvalue weighted by atomic mass is 10.1. The van der Waals surface area contributed by atoms with E-state index in [0.29, 0.717) is 29.8 Å². The summed E-state index contributed by atoms with van der Waals surface area (Å²) in [6, 6.07) is 5.57. The highest BCUT2D eigenvalue weighted by molar-refractivity contribution is 6.32. The summed E-state index contributed by atoms with van der Waals surface area (Å²) in [4.78, 5) is 3.92. The van der Waals surface area contributed by atoms with E-state index in [4.69, 9.17) is 27.8 Å². The van der Waals surface area contributed by atoms with Crippen molar-refractivity contribution in [2.24, 2.45) is 22.4 Å². The van der Waals surface area contributed by atoms with Crippen LogP contribution in [0, 0.1) is 5.92 Å². The number of nitrogens with two attached hydrogens (primary N) is 2. The topological polar surface area (TPSA) is 73.6 Å². The average molecular weight is 270 g/mol. The van der Waals surface area contributed by atoms with Crippen LogP contribution in [0.1, 0.15) is 25.8 Å². The molecule has 0 amide bonds. The van der Waals surface area contributed by atoms with E-state index >= 15 is 0 Å². The minimum atomic E-state index is 0.0726. The smallest absolute Gasteiger partial charge is 0.186 e. The molecule has 4 nitrogen and oxygen atoms in total. The van der Waals surface area contributed by atoms with Gasteiger partial charge in [-0.25, -0.2) is 4.99 Å². The summed E-state index contributed by atoms with van der Waals surface area (Å²) >= 11 is 6.12. The summed E-state index contributed by atoms with van der Waals surface area (Å²) in [7, 11) is 0. The lowest BCUT2D eigenvalue weighted by Gasteiger charge is -2.10. The molecule has 1 aromatic rings. The summed E-state index contributed by atoms with van der Waals surface area (Å²) < 4.78 is 5.61. The number of hydrogen-bond donors (Lipinski definition) is 2. The first-order valence-electron chi connectivity index (χ1n) is 5.95. The fraction of sp³-hybridized carbons (Fsp3) is 0.462. The fourth-order valence-corrected chi connectivity index (χ4v) is 1.60. The van der Waals surface area contributed by atoms with E-state index < -0.39 is 0 Å². The summed E-state index contributed by atoms with van der Waals surface area (Å²) in [5, 5.41) is 0.585. The van der Waals surface area contributed by atoms with Crippen LogP contribution in [-0.4, -0.2) is 12.6 Å². The lowest BCUT2D eigenvalue weighted by molar-refractivity contribution is 0.289. The largest absolute Gasteiger partial charge is 0.492 e. The quantitative estimate of drug-likeness (QED) is 0.616. The van der Waals surface area contributed by atoms with Crippen molar-refractivity contribution < 1.29 is 4.74 Å². The fourth-order valence-electron chi connectivity index (χ4n) is 1.35. The molecule has 0 aliphatic rings. The Labute approximate surface area is 113 Å². The first kappa shape index (κ1) is 14.6. The Bertz CT molecular complexity index is 415. The van der Waals surface area contributed by atoms with Gasteiger partial charge < -0.3 is 16.2 Å². The van der Waals surface area contributed by atoms with Crippen LogP contribution in [0.4, 0.5) is 0 Å². The molecule has 4 N–H and O–H groups in total. The second kappa shape index (κ2) is 7.11. The summed E-state index contributed by atoms with van der Waals surface area (Å²) in [5.41, 5.74) is 11.5. The van der Waals surface area contributed by atoms with Gasteiger partial charge in [-0.1, -0.05) is 31.5 Å². The average Bonchev–Trinajstić information content (AvgIpc) is 2.28. The predicted octanol–water partition coefficient (Wildman–Crippen LogP) is 2.54. The predicted molar refractivity (Wildman–Crippen MR) is 75.9 cm³/mol. The molecule has 0 saturated heterocycles.